The van der Waals surface area contributed by atoms with Crippen molar-refractivity contribution in [3.63, 3.8) is 0 Å². The van der Waals surface area contributed by atoms with Crippen LogP contribution in [0.1, 0.15) is 29.3 Å². The summed E-state index contributed by atoms with van der Waals surface area (Å²) < 4.78 is 5.67. The van der Waals surface area contributed by atoms with Crippen molar-refractivity contribution in [2.24, 2.45) is 4.99 Å². The number of carbonyl (C=O) groups is 1. The summed E-state index contributed by atoms with van der Waals surface area (Å²) in [4.78, 5) is 16.1. The summed E-state index contributed by atoms with van der Waals surface area (Å²) in [6, 6.07) is 17.4. The van der Waals surface area contributed by atoms with Gasteiger partial charge in [0.2, 0.25) is 0 Å². The minimum absolute atomic E-state index is 0.0553. The van der Waals surface area contributed by atoms with Crippen molar-refractivity contribution in [1.29, 1.82) is 0 Å². The van der Waals surface area contributed by atoms with Crippen molar-refractivity contribution in [2.45, 2.75) is 19.9 Å². The standard InChI is InChI=1S/C21H28N4O2/c1-3-23-20(26)18-10-7-9-17(15-18)16-25-21(22-2)24-13-8-14-27-19-11-5-4-6-12-19/h4-7,9-12,15H,3,8,13-14,16H2,1-2H3,(H,23,26)(H2,22,24,25). The molecule has 0 saturated heterocycles. The molecule has 0 saturated carbocycles. The first-order valence-electron chi connectivity index (χ1n) is 9.22. The molecule has 6 nitrogen and oxygen atoms in total. The second-order valence-corrected chi connectivity index (χ2v) is 5.93. The van der Waals surface area contributed by atoms with Gasteiger partial charge in [-0.1, -0.05) is 30.3 Å². The third-order valence-corrected chi connectivity index (χ3v) is 3.84. The molecule has 0 unspecified atom stereocenters. The lowest BCUT2D eigenvalue weighted by Crippen LogP contribution is -2.37. The van der Waals surface area contributed by atoms with Crippen LogP contribution < -0.4 is 20.7 Å². The fourth-order valence-electron chi connectivity index (χ4n) is 2.48. The molecule has 0 heterocycles. The van der Waals surface area contributed by atoms with E-state index in [0.717, 1.165) is 30.2 Å². The van der Waals surface area contributed by atoms with Gasteiger partial charge in [0.1, 0.15) is 5.75 Å². The zero-order chi connectivity index (χ0) is 19.3. The highest BCUT2D eigenvalue weighted by Crippen LogP contribution is 2.08. The molecular formula is C21H28N4O2. The fourth-order valence-corrected chi connectivity index (χ4v) is 2.48. The van der Waals surface area contributed by atoms with Crippen LogP contribution in [0.4, 0.5) is 0 Å². The number of para-hydroxylation sites is 1. The van der Waals surface area contributed by atoms with E-state index in [-0.39, 0.29) is 5.91 Å². The lowest BCUT2D eigenvalue weighted by molar-refractivity contribution is 0.0955. The zero-order valence-electron chi connectivity index (χ0n) is 16.0. The maximum atomic E-state index is 11.9. The fraction of sp³-hybridized carbons (Fsp3) is 0.333. The number of rotatable bonds is 9. The summed E-state index contributed by atoms with van der Waals surface area (Å²) in [5.41, 5.74) is 1.69. The second-order valence-electron chi connectivity index (χ2n) is 5.93. The van der Waals surface area contributed by atoms with Crippen LogP contribution in [0.15, 0.2) is 59.6 Å². The maximum Gasteiger partial charge on any atom is 0.251 e. The van der Waals surface area contributed by atoms with E-state index in [0.29, 0.717) is 25.3 Å². The number of carbonyl (C=O) groups excluding carboxylic acids is 1. The number of benzene rings is 2. The van der Waals surface area contributed by atoms with Gasteiger partial charge < -0.3 is 20.7 Å². The second kappa shape index (κ2) is 11.6. The Kier molecular flexibility index (Phi) is 8.69. The predicted octanol–water partition coefficient (Wildman–Crippen LogP) is 2.57. The molecule has 0 aromatic heterocycles. The van der Waals surface area contributed by atoms with Crippen LogP contribution in [-0.4, -0.2) is 38.6 Å². The predicted molar refractivity (Wildman–Crippen MR) is 109 cm³/mol. The Morgan fingerprint density at radius 2 is 1.85 bits per heavy atom. The molecule has 2 aromatic rings. The topological polar surface area (TPSA) is 74.8 Å². The van der Waals surface area contributed by atoms with Crippen LogP contribution in [0, 0.1) is 0 Å². The van der Waals surface area contributed by atoms with E-state index in [1.807, 2.05) is 61.5 Å². The van der Waals surface area contributed by atoms with Crippen LogP contribution in [-0.2, 0) is 6.54 Å². The minimum atomic E-state index is -0.0553. The number of aliphatic imine (C=N–C) groups is 1. The summed E-state index contributed by atoms with van der Waals surface area (Å²) in [5, 5.41) is 9.33. The third kappa shape index (κ3) is 7.40. The van der Waals surface area contributed by atoms with Crippen molar-refractivity contribution in [1.82, 2.24) is 16.0 Å². The number of hydrogen-bond acceptors (Lipinski definition) is 3. The highest BCUT2D eigenvalue weighted by atomic mass is 16.5. The third-order valence-electron chi connectivity index (χ3n) is 3.84. The molecule has 0 aliphatic carbocycles. The van der Waals surface area contributed by atoms with Gasteiger partial charge in [-0.25, -0.2) is 0 Å². The van der Waals surface area contributed by atoms with Crippen LogP contribution in [0.5, 0.6) is 5.75 Å². The Labute approximate surface area is 161 Å². The molecule has 3 N–H and O–H groups in total. The molecule has 144 valence electrons. The van der Waals surface area contributed by atoms with Gasteiger partial charge in [-0.05, 0) is 43.2 Å². The van der Waals surface area contributed by atoms with E-state index < -0.39 is 0 Å². The normalized spacial score (nSPS) is 11.0. The Morgan fingerprint density at radius 3 is 2.59 bits per heavy atom. The molecule has 1 amide bonds. The molecule has 2 aromatic carbocycles. The minimum Gasteiger partial charge on any atom is -0.494 e. The summed E-state index contributed by atoms with van der Waals surface area (Å²) in [6.07, 6.45) is 0.863. The van der Waals surface area contributed by atoms with Crippen LogP contribution in [0.3, 0.4) is 0 Å². The quantitative estimate of drug-likeness (QED) is 0.361. The van der Waals surface area contributed by atoms with Gasteiger partial charge >= 0.3 is 0 Å². The molecule has 2 rings (SSSR count). The molecule has 0 fully saturated rings. The average molecular weight is 368 g/mol. The van der Waals surface area contributed by atoms with Gasteiger partial charge in [0.15, 0.2) is 5.96 Å². The molecule has 0 bridgehead atoms. The Morgan fingerprint density at radius 1 is 1.04 bits per heavy atom. The van der Waals surface area contributed by atoms with Crippen molar-refractivity contribution in [3.8, 4) is 5.75 Å². The number of ether oxygens (including phenoxy) is 1. The lowest BCUT2D eigenvalue weighted by Gasteiger charge is -2.13. The van der Waals surface area contributed by atoms with Crippen molar-refractivity contribution < 1.29 is 9.53 Å². The van der Waals surface area contributed by atoms with Gasteiger partial charge in [0.25, 0.3) is 5.91 Å². The first-order chi connectivity index (χ1) is 13.2. The monoisotopic (exact) mass is 368 g/mol. The number of nitrogens with one attached hydrogen (secondary N) is 3. The Bertz CT molecular complexity index is 732. The first kappa shape index (κ1) is 20.3. The molecule has 0 radical (unpaired) electrons. The van der Waals surface area contributed by atoms with Gasteiger partial charge in [-0.15, -0.1) is 0 Å². The van der Waals surface area contributed by atoms with Crippen LogP contribution in [0.2, 0.25) is 0 Å². The Balaban J connectivity index is 1.71. The van der Waals surface area contributed by atoms with Crippen LogP contribution in [0.25, 0.3) is 0 Å². The average Bonchev–Trinajstić information content (AvgIpc) is 2.71. The largest absolute Gasteiger partial charge is 0.494 e. The van der Waals surface area contributed by atoms with Crippen molar-refractivity contribution >= 4 is 11.9 Å². The van der Waals surface area contributed by atoms with E-state index in [1.165, 1.54) is 0 Å². The van der Waals surface area contributed by atoms with Gasteiger partial charge in [-0.3, -0.25) is 9.79 Å². The summed E-state index contributed by atoms with van der Waals surface area (Å²) in [5.74, 6) is 1.55. The van der Waals surface area contributed by atoms with Crippen molar-refractivity contribution in [2.75, 3.05) is 26.7 Å². The number of hydrogen-bond donors (Lipinski definition) is 3. The summed E-state index contributed by atoms with van der Waals surface area (Å²) in [6.45, 7) is 4.51. The molecule has 0 atom stereocenters. The van der Waals surface area contributed by atoms with E-state index in [1.54, 1.807) is 7.05 Å². The smallest absolute Gasteiger partial charge is 0.251 e. The molecular weight excluding hydrogens is 340 g/mol. The van der Waals surface area contributed by atoms with Gasteiger partial charge in [0.05, 0.1) is 6.61 Å². The lowest BCUT2D eigenvalue weighted by atomic mass is 10.1. The van der Waals surface area contributed by atoms with Crippen molar-refractivity contribution in [3.05, 3.63) is 65.7 Å². The first-order valence-corrected chi connectivity index (χ1v) is 9.22. The van der Waals surface area contributed by atoms with E-state index in [4.69, 9.17) is 4.74 Å². The number of amides is 1. The molecule has 27 heavy (non-hydrogen) atoms. The zero-order valence-corrected chi connectivity index (χ0v) is 16.0. The molecule has 0 aliphatic heterocycles. The highest BCUT2D eigenvalue weighted by molar-refractivity contribution is 5.94. The van der Waals surface area contributed by atoms with E-state index >= 15 is 0 Å². The molecule has 0 aliphatic rings. The van der Waals surface area contributed by atoms with Crippen LogP contribution >= 0.6 is 0 Å². The molecule has 6 heteroatoms. The number of nitrogens with zero attached hydrogens (tertiary/aromatic N) is 1. The van der Waals surface area contributed by atoms with E-state index in [2.05, 4.69) is 20.9 Å². The number of guanidine groups is 1. The Hall–Kier alpha value is -3.02. The SMILES string of the molecule is CCNC(=O)c1cccc(CNC(=NC)NCCCOc2ccccc2)c1. The van der Waals surface area contributed by atoms with Gasteiger partial charge in [0, 0.05) is 32.2 Å². The van der Waals surface area contributed by atoms with Gasteiger partial charge in [-0.2, -0.15) is 0 Å². The maximum absolute atomic E-state index is 11.9. The summed E-state index contributed by atoms with van der Waals surface area (Å²) in [7, 11) is 1.74. The van der Waals surface area contributed by atoms with E-state index in [9.17, 15) is 4.79 Å². The highest BCUT2D eigenvalue weighted by Gasteiger charge is 2.05. The summed E-state index contributed by atoms with van der Waals surface area (Å²) >= 11 is 0. The molecule has 0 spiro atoms.